The highest BCUT2D eigenvalue weighted by molar-refractivity contribution is 6.25. The molecule has 2 amide bonds. The number of alkyl carbamates (subject to hydrolysis) is 1. The zero-order valence-electron chi connectivity index (χ0n) is 21.2. The number of ether oxygens (including phenoxy) is 1. The summed E-state index contributed by atoms with van der Waals surface area (Å²) < 4.78 is 5.45. The Balaban J connectivity index is 1.69. The number of hydrogen-bond acceptors (Lipinski definition) is 6. The zero-order chi connectivity index (χ0) is 29.1. The van der Waals surface area contributed by atoms with E-state index in [0.717, 1.165) is 22.3 Å². The number of aliphatic carboxylic acids is 1. The van der Waals surface area contributed by atoms with Crippen LogP contribution in [0.5, 0.6) is 0 Å². The minimum absolute atomic E-state index is 0.0451. The van der Waals surface area contributed by atoms with Gasteiger partial charge in [-0.05, 0) is 35.1 Å². The second-order valence-corrected chi connectivity index (χ2v) is 8.92. The van der Waals surface area contributed by atoms with Crippen LogP contribution in [-0.4, -0.2) is 75.3 Å². The fraction of sp³-hybridized carbons (Fsp3) is 0.296. The predicted molar refractivity (Wildman–Crippen MR) is 139 cm³/mol. The first-order chi connectivity index (χ1) is 19.2. The van der Waals surface area contributed by atoms with Crippen LogP contribution in [0.3, 0.4) is 0 Å². The third-order valence-electron chi connectivity index (χ3n) is 6.33. The second kappa shape index (κ2) is 14.1. The lowest BCUT2D eigenvalue weighted by molar-refractivity contribution is -0.142. The monoisotopic (exact) mass is 546 g/mol. The molecule has 0 saturated heterocycles. The first kappa shape index (κ1) is 29.3. The molecular formula is C27H26N6O7. The summed E-state index contributed by atoms with van der Waals surface area (Å²) in [5.74, 6) is -3.92. The van der Waals surface area contributed by atoms with Crippen LogP contribution in [0.2, 0.25) is 0 Å². The number of nitrogens with zero attached hydrogens (tertiary/aromatic N) is 4. The standard InChI is InChI=1S/C27H26N6O7/c28-30-13-16(34)9-11-23(25(36)32-24(26(37)38)12-10-17(35)14-31-29)33-27(39)40-15-22-20-7-3-1-5-18(20)19-6-2-4-8-21(19)22/h1-8,13-14,22-24H,9-12,15H2,(H,32,36)(H,33,39)(H,37,38)/t23-,24-/m0/s1. The van der Waals surface area contributed by atoms with Gasteiger partial charge in [0.05, 0.1) is 0 Å². The van der Waals surface area contributed by atoms with Gasteiger partial charge in [-0.15, -0.1) is 0 Å². The molecule has 206 valence electrons. The summed E-state index contributed by atoms with van der Waals surface area (Å²) in [5, 5.41) is 14.1. The Morgan fingerprint density at radius 1 is 0.825 bits per heavy atom. The van der Waals surface area contributed by atoms with Crippen molar-refractivity contribution in [1.82, 2.24) is 10.6 Å². The number of carboxylic acid groups (broad SMARTS) is 1. The molecular weight excluding hydrogens is 520 g/mol. The van der Waals surface area contributed by atoms with Gasteiger partial charge in [-0.1, -0.05) is 48.5 Å². The van der Waals surface area contributed by atoms with Crippen molar-refractivity contribution in [3.63, 3.8) is 0 Å². The van der Waals surface area contributed by atoms with E-state index in [1.165, 1.54) is 0 Å². The van der Waals surface area contributed by atoms with Crippen LogP contribution in [0.15, 0.2) is 48.5 Å². The molecule has 0 radical (unpaired) electrons. The Morgan fingerprint density at radius 3 is 1.82 bits per heavy atom. The number of fused-ring (bicyclic) bond motifs is 3. The third kappa shape index (κ3) is 7.64. The molecule has 0 fully saturated rings. The normalized spacial score (nSPS) is 12.8. The molecule has 0 bridgehead atoms. The van der Waals surface area contributed by atoms with Gasteiger partial charge in [0.15, 0.2) is 0 Å². The van der Waals surface area contributed by atoms with Gasteiger partial charge in [-0.25, -0.2) is 9.59 Å². The fourth-order valence-corrected chi connectivity index (χ4v) is 4.41. The molecule has 0 unspecified atom stereocenters. The topological polar surface area (TPSA) is 212 Å². The molecule has 0 saturated carbocycles. The van der Waals surface area contributed by atoms with Crippen molar-refractivity contribution in [3.05, 3.63) is 70.7 Å². The van der Waals surface area contributed by atoms with Gasteiger partial charge in [0.1, 0.15) is 18.7 Å². The van der Waals surface area contributed by atoms with E-state index in [4.69, 9.17) is 15.8 Å². The molecule has 13 nitrogen and oxygen atoms in total. The van der Waals surface area contributed by atoms with Crippen LogP contribution in [0, 0.1) is 0 Å². The molecule has 0 heterocycles. The molecule has 2 atom stereocenters. The fourth-order valence-electron chi connectivity index (χ4n) is 4.41. The number of benzene rings is 2. The molecule has 3 N–H and O–H groups in total. The number of amides is 2. The van der Waals surface area contributed by atoms with Crippen molar-refractivity contribution < 1.29 is 43.4 Å². The van der Waals surface area contributed by atoms with Crippen LogP contribution in [0.25, 0.3) is 22.2 Å². The molecule has 1 aliphatic rings. The van der Waals surface area contributed by atoms with E-state index in [1.807, 2.05) is 48.5 Å². The Morgan fingerprint density at radius 2 is 1.32 bits per heavy atom. The maximum Gasteiger partial charge on any atom is 0.407 e. The van der Waals surface area contributed by atoms with Gasteiger partial charge in [-0.3, -0.25) is 14.4 Å². The molecule has 2 aromatic rings. The lowest BCUT2D eigenvalue weighted by Gasteiger charge is -2.21. The number of carbonyl (C=O) groups excluding carboxylic acids is 4. The van der Waals surface area contributed by atoms with Crippen molar-refractivity contribution in [2.75, 3.05) is 6.61 Å². The van der Waals surface area contributed by atoms with Gasteiger partial charge >= 0.3 is 24.5 Å². The molecule has 13 heteroatoms. The lowest BCUT2D eigenvalue weighted by atomic mass is 9.98. The Hall–Kier alpha value is -5.25. The molecule has 40 heavy (non-hydrogen) atoms. The summed E-state index contributed by atoms with van der Waals surface area (Å²) in [7, 11) is 0. The maximum absolute atomic E-state index is 12.9. The highest BCUT2D eigenvalue weighted by Crippen LogP contribution is 2.44. The van der Waals surface area contributed by atoms with Crippen molar-refractivity contribution in [2.45, 2.75) is 43.7 Å². The predicted octanol–water partition coefficient (Wildman–Crippen LogP) is 1.76. The quantitative estimate of drug-likeness (QED) is 0.181. The number of carboxylic acids is 1. The number of rotatable bonds is 14. The van der Waals surface area contributed by atoms with Gasteiger partial charge in [0, 0.05) is 18.8 Å². The van der Waals surface area contributed by atoms with Crippen molar-refractivity contribution >= 4 is 42.0 Å². The average molecular weight is 547 g/mol. The number of ketones is 2. The largest absolute Gasteiger partial charge is 0.480 e. The molecule has 1 aliphatic carbocycles. The van der Waals surface area contributed by atoms with Gasteiger partial charge in [-0.2, -0.15) is 9.58 Å². The van der Waals surface area contributed by atoms with Crippen LogP contribution < -0.4 is 10.6 Å². The summed E-state index contributed by atoms with van der Waals surface area (Å²) >= 11 is 0. The lowest BCUT2D eigenvalue weighted by Crippen LogP contribution is -2.52. The molecule has 0 aromatic heterocycles. The van der Waals surface area contributed by atoms with Crippen molar-refractivity contribution in [1.29, 1.82) is 0 Å². The Bertz CT molecular complexity index is 1370. The second-order valence-electron chi connectivity index (χ2n) is 8.92. The summed E-state index contributed by atoms with van der Waals surface area (Å²) in [6.45, 7) is -0.0451. The van der Waals surface area contributed by atoms with E-state index in [0.29, 0.717) is 12.4 Å². The van der Waals surface area contributed by atoms with Crippen LogP contribution in [-0.2, 0) is 23.9 Å². The van der Waals surface area contributed by atoms with Gasteiger partial charge in [0.2, 0.25) is 17.5 Å². The number of nitrogens with one attached hydrogen (secondary N) is 2. The third-order valence-corrected chi connectivity index (χ3v) is 6.33. The van der Waals surface area contributed by atoms with Crippen molar-refractivity contribution in [3.8, 4) is 11.1 Å². The summed E-state index contributed by atoms with van der Waals surface area (Å²) in [4.78, 5) is 65.9. The van der Waals surface area contributed by atoms with Crippen LogP contribution >= 0.6 is 0 Å². The van der Waals surface area contributed by atoms with E-state index < -0.39 is 41.6 Å². The SMILES string of the molecule is [N-]=[N+]=CC(=O)CC[C@H](NC(=O)[C@H](CCC(=O)C=[N+]=[N-])NC(=O)OCC1c2ccccc2-c2ccccc21)C(=O)O. The summed E-state index contributed by atoms with van der Waals surface area (Å²) in [6.07, 6.45) is -0.950. The van der Waals surface area contributed by atoms with Crippen LogP contribution in [0.4, 0.5) is 4.79 Å². The average Bonchev–Trinajstić information content (AvgIpc) is 3.25. The van der Waals surface area contributed by atoms with E-state index >= 15 is 0 Å². The van der Waals surface area contributed by atoms with Gasteiger partial charge < -0.3 is 31.5 Å². The first-order valence-electron chi connectivity index (χ1n) is 12.3. The van der Waals surface area contributed by atoms with E-state index in [2.05, 4.69) is 20.2 Å². The number of hydrogen-bond donors (Lipinski definition) is 3. The van der Waals surface area contributed by atoms with Gasteiger partial charge in [0.25, 0.3) is 0 Å². The maximum atomic E-state index is 12.9. The number of carbonyl (C=O) groups is 5. The van der Waals surface area contributed by atoms with E-state index in [1.54, 1.807) is 0 Å². The summed E-state index contributed by atoms with van der Waals surface area (Å²) in [5.41, 5.74) is 21.0. The minimum Gasteiger partial charge on any atom is -0.480 e. The highest BCUT2D eigenvalue weighted by atomic mass is 16.5. The van der Waals surface area contributed by atoms with Crippen LogP contribution in [0.1, 0.15) is 42.7 Å². The molecule has 0 aliphatic heterocycles. The Labute approximate surface area is 228 Å². The smallest absolute Gasteiger partial charge is 0.407 e. The number of Topliss-reactive ketones (excluding diaryl/α,β-unsaturated/α-hetero) is 2. The van der Waals surface area contributed by atoms with E-state index in [9.17, 15) is 29.1 Å². The zero-order valence-corrected chi connectivity index (χ0v) is 21.2. The molecule has 2 aromatic carbocycles. The first-order valence-corrected chi connectivity index (χ1v) is 12.3. The van der Waals surface area contributed by atoms with Crippen molar-refractivity contribution in [2.24, 2.45) is 0 Å². The Kier molecular flexibility index (Phi) is 10.3. The molecule has 3 rings (SSSR count). The summed E-state index contributed by atoms with van der Waals surface area (Å²) in [6, 6.07) is 12.5. The minimum atomic E-state index is -1.51. The highest BCUT2D eigenvalue weighted by Gasteiger charge is 2.31. The molecule has 0 spiro atoms. The van der Waals surface area contributed by atoms with E-state index in [-0.39, 0.29) is 38.2 Å².